The summed E-state index contributed by atoms with van der Waals surface area (Å²) in [5.74, 6) is -0.817. The molecule has 1 N–H and O–H groups in total. The first-order valence-electron chi connectivity index (χ1n) is 8.07. The van der Waals surface area contributed by atoms with Crippen LogP contribution in [0.25, 0.3) is 0 Å². The van der Waals surface area contributed by atoms with Gasteiger partial charge in [-0.1, -0.05) is 38.2 Å². The van der Waals surface area contributed by atoms with Gasteiger partial charge in [0, 0.05) is 32.9 Å². The van der Waals surface area contributed by atoms with E-state index in [4.69, 9.17) is 18.4 Å². The monoisotopic (exact) mass is 332 g/mol. The molecular formula is C16H32O5Si. The molecule has 0 aliphatic carbocycles. The van der Waals surface area contributed by atoms with Gasteiger partial charge in [0.2, 0.25) is 0 Å². The van der Waals surface area contributed by atoms with Crippen molar-refractivity contribution in [1.29, 1.82) is 0 Å². The summed E-state index contributed by atoms with van der Waals surface area (Å²) in [6.07, 6.45) is 10.8. The number of unbranched alkanes of at least 4 members (excludes halogenated alkanes) is 7. The second-order valence-corrected chi connectivity index (χ2v) is 8.59. The van der Waals surface area contributed by atoms with Crippen molar-refractivity contribution in [2.45, 2.75) is 64.3 Å². The molecule has 22 heavy (non-hydrogen) atoms. The predicted octanol–water partition coefficient (Wildman–Crippen LogP) is 4.02. The molecule has 0 saturated heterocycles. The predicted molar refractivity (Wildman–Crippen MR) is 89.9 cm³/mol. The fourth-order valence-corrected chi connectivity index (χ4v) is 4.13. The van der Waals surface area contributed by atoms with Gasteiger partial charge in [-0.25, -0.2) is 4.79 Å². The number of hydrogen-bond acceptors (Lipinski definition) is 4. The van der Waals surface area contributed by atoms with E-state index >= 15 is 0 Å². The summed E-state index contributed by atoms with van der Waals surface area (Å²) in [7, 11) is 2.58. The molecule has 0 fully saturated rings. The van der Waals surface area contributed by atoms with Crippen LogP contribution in [0.1, 0.15) is 58.3 Å². The van der Waals surface area contributed by atoms with E-state index in [9.17, 15) is 4.79 Å². The maximum atomic E-state index is 10.6. The Kier molecular flexibility index (Phi) is 12.4. The summed E-state index contributed by atoms with van der Waals surface area (Å²) in [4.78, 5) is 10.6. The Bertz CT molecular complexity index is 318. The van der Waals surface area contributed by atoms with Crippen molar-refractivity contribution in [3.8, 4) is 0 Å². The molecule has 5 nitrogen and oxygen atoms in total. The lowest BCUT2D eigenvalue weighted by Crippen LogP contribution is -2.42. The van der Waals surface area contributed by atoms with Crippen LogP contribution in [0.4, 0.5) is 0 Å². The zero-order chi connectivity index (χ0) is 16.8. The molecule has 0 saturated carbocycles. The third-order valence-electron chi connectivity index (χ3n) is 3.91. The van der Waals surface area contributed by atoms with Gasteiger partial charge >= 0.3 is 14.8 Å². The number of hydrogen-bond donors (Lipinski definition) is 1. The lowest BCUT2D eigenvalue weighted by molar-refractivity contribution is -0.132. The molecule has 0 unspecified atom stereocenters. The highest BCUT2D eigenvalue weighted by atomic mass is 28.4. The Hall–Kier alpha value is -0.693. The molecule has 0 aromatic carbocycles. The minimum atomic E-state index is -2.38. The van der Waals surface area contributed by atoms with Gasteiger partial charge in [-0.05, 0) is 26.2 Å². The third-order valence-corrected chi connectivity index (χ3v) is 6.74. The van der Waals surface area contributed by atoms with Crippen LogP contribution in [0.2, 0.25) is 6.04 Å². The number of carboxylic acid groups (broad SMARTS) is 1. The summed E-state index contributed by atoms with van der Waals surface area (Å²) in [5.41, 5.74) is 0.446. The summed E-state index contributed by atoms with van der Waals surface area (Å²) in [5, 5.41) is 8.72. The van der Waals surface area contributed by atoms with Gasteiger partial charge in [0.05, 0.1) is 0 Å². The zero-order valence-corrected chi connectivity index (χ0v) is 15.5. The molecular weight excluding hydrogens is 300 g/mol. The van der Waals surface area contributed by atoms with Gasteiger partial charge in [-0.3, -0.25) is 0 Å². The van der Waals surface area contributed by atoms with Crippen LogP contribution in [-0.4, -0.2) is 41.2 Å². The highest BCUT2D eigenvalue weighted by molar-refractivity contribution is 6.60. The summed E-state index contributed by atoms with van der Waals surface area (Å²) < 4.78 is 16.2. The van der Waals surface area contributed by atoms with Gasteiger partial charge < -0.3 is 18.4 Å². The number of rotatable bonds is 14. The minimum absolute atomic E-state index is 0.446. The van der Waals surface area contributed by atoms with Crippen LogP contribution >= 0.6 is 0 Å². The van der Waals surface area contributed by atoms with Crippen LogP contribution in [0.3, 0.4) is 0 Å². The molecule has 0 bridgehead atoms. The second kappa shape index (κ2) is 12.8. The average Bonchev–Trinajstić information content (AvgIpc) is 2.53. The first-order valence-corrected chi connectivity index (χ1v) is 10.00. The highest BCUT2D eigenvalue weighted by Gasteiger charge is 2.36. The first kappa shape index (κ1) is 21.3. The molecule has 0 rings (SSSR count). The van der Waals surface area contributed by atoms with Crippen molar-refractivity contribution < 1.29 is 23.2 Å². The van der Waals surface area contributed by atoms with Gasteiger partial charge in [-0.2, -0.15) is 0 Å². The van der Waals surface area contributed by atoms with Crippen molar-refractivity contribution in [2.24, 2.45) is 0 Å². The van der Waals surface area contributed by atoms with Crippen LogP contribution in [0.15, 0.2) is 11.6 Å². The molecule has 0 aliphatic rings. The number of carbonyl (C=O) groups is 1. The molecule has 0 atom stereocenters. The SMILES string of the molecule is CO[Si](CCCCCCCCCC=C(C)C(=O)O)(OC)OC. The fraction of sp³-hybridized carbons (Fsp3) is 0.812. The Labute approximate surface area is 136 Å². The summed E-state index contributed by atoms with van der Waals surface area (Å²) in [6.45, 7) is 1.64. The third kappa shape index (κ3) is 9.35. The quantitative estimate of drug-likeness (QED) is 0.296. The van der Waals surface area contributed by atoms with Crippen molar-refractivity contribution in [3.63, 3.8) is 0 Å². The van der Waals surface area contributed by atoms with Crippen LogP contribution in [0, 0.1) is 0 Å². The van der Waals surface area contributed by atoms with Gasteiger partial charge in [0.1, 0.15) is 0 Å². The Morgan fingerprint density at radius 2 is 1.36 bits per heavy atom. The number of carboxylic acids is 1. The van der Waals surface area contributed by atoms with E-state index in [-0.39, 0.29) is 0 Å². The molecule has 0 aromatic rings. The smallest absolute Gasteiger partial charge is 0.478 e. The zero-order valence-electron chi connectivity index (χ0n) is 14.5. The van der Waals surface area contributed by atoms with E-state index in [1.54, 1.807) is 28.3 Å². The fourth-order valence-electron chi connectivity index (χ4n) is 2.33. The molecule has 0 heterocycles. The van der Waals surface area contributed by atoms with E-state index in [2.05, 4.69) is 0 Å². The van der Waals surface area contributed by atoms with Crippen LogP contribution < -0.4 is 0 Å². The van der Waals surface area contributed by atoms with Crippen LogP contribution in [-0.2, 0) is 18.1 Å². The van der Waals surface area contributed by atoms with Crippen molar-refractivity contribution >= 4 is 14.8 Å². The van der Waals surface area contributed by atoms with E-state index in [0.29, 0.717) is 5.57 Å². The van der Waals surface area contributed by atoms with E-state index < -0.39 is 14.8 Å². The molecule has 0 aliphatic heterocycles. The largest absolute Gasteiger partial charge is 0.500 e. The van der Waals surface area contributed by atoms with Crippen LogP contribution in [0.5, 0.6) is 0 Å². The second-order valence-electron chi connectivity index (χ2n) is 5.50. The standard InChI is InChI=1S/C16H32O5Si/c1-15(16(17)18)13-11-9-7-5-6-8-10-12-14-22(19-2,20-3)21-4/h13H,5-12,14H2,1-4H3,(H,17,18). The van der Waals surface area contributed by atoms with Crippen molar-refractivity contribution in [2.75, 3.05) is 21.3 Å². The molecule has 0 amide bonds. The highest BCUT2D eigenvalue weighted by Crippen LogP contribution is 2.18. The first-order chi connectivity index (χ1) is 10.5. The Balaban J connectivity index is 3.52. The maximum absolute atomic E-state index is 10.6. The van der Waals surface area contributed by atoms with E-state index in [0.717, 1.165) is 31.7 Å². The Morgan fingerprint density at radius 1 is 0.909 bits per heavy atom. The molecule has 6 heteroatoms. The van der Waals surface area contributed by atoms with E-state index in [1.807, 2.05) is 6.08 Å². The maximum Gasteiger partial charge on any atom is 0.500 e. The lowest BCUT2D eigenvalue weighted by atomic mass is 10.1. The topological polar surface area (TPSA) is 65.0 Å². The van der Waals surface area contributed by atoms with Gasteiger partial charge in [-0.15, -0.1) is 0 Å². The number of allylic oxidation sites excluding steroid dienone is 1. The average molecular weight is 333 g/mol. The normalized spacial score (nSPS) is 12.6. The van der Waals surface area contributed by atoms with Crippen molar-refractivity contribution in [3.05, 3.63) is 11.6 Å². The molecule has 0 radical (unpaired) electrons. The molecule has 0 spiro atoms. The molecule has 130 valence electrons. The summed E-state index contributed by atoms with van der Waals surface area (Å²) >= 11 is 0. The number of aliphatic carboxylic acids is 1. The minimum Gasteiger partial charge on any atom is -0.478 e. The lowest BCUT2D eigenvalue weighted by Gasteiger charge is -2.24. The Morgan fingerprint density at radius 3 is 1.82 bits per heavy atom. The van der Waals surface area contributed by atoms with Gasteiger partial charge in [0.25, 0.3) is 0 Å². The summed E-state index contributed by atoms with van der Waals surface area (Å²) in [6, 6.07) is 0.871. The van der Waals surface area contributed by atoms with Gasteiger partial charge in [0.15, 0.2) is 0 Å². The van der Waals surface area contributed by atoms with E-state index in [1.165, 1.54) is 25.7 Å². The van der Waals surface area contributed by atoms with Crippen molar-refractivity contribution in [1.82, 2.24) is 0 Å². The molecule has 0 aromatic heterocycles.